The van der Waals surface area contributed by atoms with E-state index in [4.69, 9.17) is 14.2 Å². The SMILES string of the molecule is CN=C(NCc1ccc2c(c1)OCO2)NCC(CC(C)C)N1CCOCC1. The highest BCUT2D eigenvalue weighted by Gasteiger charge is 2.22. The normalized spacial score (nSPS) is 18.6. The fourth-order valence-corrected chi connectivity index (χ4v) is 3.52. The first-order valence-electron chi connectivity index (χ1n) is 9.80. The van der Waals surface area contributed by atoms with Crippen LogP contribution in [0.5, 0.6) is 11.5 Å². The molecule has 0 radical (unpaired) electrons. The number of aliphatic imine (C=N–C) groups is 1. The fourth-order valence-electron chi connectivity index (χ4n) is 3.52. The predicted molar refractivity (Wildman–Crippen MR) is 106 cm³/mol. The quantitative estimate of drug-likeness (QED) is 0.559. The molecule has 1 aromatic rings. The second kappa shape index (κ2) is 9.80. The molecule has 1 unspecified atom stereocenters. The van der Waals surface area contributed by atoms with E-state index in [9.17, 15) is 0 Å². The van der Waals surface area contributed by atoms with Gasteiger partial charge in [-0.25, -0.2) is 0 Å². The molecule has 1 aromatic carbocycles. The Morgan fingerprint density at radius 3 is 2.67 bits per heavy atom. The topological polar surface area (TPSA) is 67.4 Å². The van der Waals surface area contributed by atoms with E-state index in [1.807, 2.05) is 18.2 Å². The summed E-state index contributed by atoms with van der Waals surface area (Å²) < 4.78 is 16.3. The molecule has 0 aliphatic carbocycles. The standard InChI is InChI=1S/C20H32N4O3/c1-15(2)10-17(24-6-8-25-9-7-24)13-23-20(21-3)22-12-16-4-5-18-19(11-16)27-14-26-18/h4-5,11,15,17H,6-10,12-14H2,1-3H3,(H2,21,22,23). The summed E-state index contributed by atoms with van der Waals surface area (Å²) >= 11 is 0. The second-order valence-electron chi connectivity index (χ2n) is 7.43. The van der Waals surface area contributed by atoms with E-state index in [-0.39, 0.29) is 0 Å². The van der Waals surface area contributed by atoms with Crippen LogP contribution in [0.2, 0.25) is 0 Å². The number of rotatable bonds is 7. The highest BCUT2D eigenvalue weighted by molar-refractivity contribution is 5.79. The number of nitrogens with one attached hydrogen (secondary N) is 2. The predicted octanol–water partition coefficient (Wildman–Crippen LogP) is 1.83. The molecule has 27 heavy (non-hydrogen) atoms. The minimum absolute atomic E-state index is 0.300. The van der Waals surface area contributed by atoms with Gasteiger partial charge in [0.05, 0.1) is 13.2 Å². The Bertz CT molecular complexity index is 630. The molecule has 1 saturated heterocycles. The molecule has 0 saturated carbocycles. The lowest BCUT2D eigenvalue weighted by Crippen LogP contribution is -2.50. The van der Waals surface area contributed by atoms with E-state index in [1.54, 1.807) is 7.05 Å². The van der Waals surface area contributed by atoms with Gasteiger partial charge in [0.2, 0.25) is 6.79 Å². The number of nitrogens with zero attached hydrogens (tertiary/aromatic N) is 2. The van der Waals surface area contributed by atoms with Crippen molar-refractivity contribution in [2.24, 2.45) is 10.9 Å². The van der Waals surface area contributed by atoms with Gasteiger partial charge < -0.3 is 24.8 Å². The van der Waals surface area contributed by atoms with Crippen molar-refractivity contribution in [3.05, 3.63) is 23.8 Å². The number of ether oxygens (including phenoxy) is 3. The number of hydrogen-bond acceptors (Lipinski definition) is 5. The van der Waals surface area contributed by atoms with Crippen molar-refractivity contribution >= 4 is 5.96 Å². The minimum Gasteiger partial charge on any atom is -0.454 e. The van der Waals surface area contributed by atoms with Crippen molar-refractivity contribution in [1.82, 2.24) is 15.5 Å². The van der Waals surface area contributed by atoms with E-state index >= 15 is 0 Å². The Balaban J connectivity index is 1.50. The molecule has 3 rings (SSSR count). The van der Waals surface area contributed by atoms with E-state index in [1.165, 1.54) is 0 Å². The lowest BCUT2D eigenvalue weighted by molar-refractivity contribution is 0.0132. The van der Waals surface area contributed by atoms with Gasteiger partial charge in [0, 0.05) is 39.3 Å². The first-order valence-corrected chi connectivity index (χ1v) is 9.80. The third-order valence-electron chi connectivity index (χ3n) is 4.93. The highest BCUT2D eigenvalue weighted by Crippen LogP contribution is 2.32. The molecule has 2 aliphatic rings. The Kier molecular flexibility index (Phi) is 7.18. The van der Waals surface area contributed by atoms with Gasteiger partial charge in [-0.15, -0.1) is 0 Å². The third kappa shape index (κ3) is 5.74. The lowest BCUT2D eigenvalue weighted by atomic mass is 10.0. The first-order chi connectivity index (χ1) is 13.2. The van der Waals surface area contributed by atoms with Gasteiger partial charge in [0.25, 0.3) is 0 Å². The average molecular weight is 377 g/mol. The Morgan fingerprint density at radius 1 is 1.15 bits per heavy atom. The van der Waals surface area contributed by atoms with Crippen LogP contribution in [0, 0.1) is 5.92 Å². The number of benzene rings is 1. The molecule has 0 bridgehead atoms. The van der Waals surface area contributed by atoms with E-state index in [0.717, 1.165) is 62.3 Å². The van der Waals surface area contributed by atoms with E-state index in [0.29, 0.717) is 25.3 Å². The summed E-state index contributed by atoms with van der Waals surface area (Å²) in [6.45, 7) is 10.1. The monoisotopic (exact) mass is 376 g/mol. The van der Waals surface area contributed by atoms with Crippen LogP contribution in [-0.4, -0.2) is 63.6 Å². The summed E-state index contributed by atoms with van der Waals surface area (Å²) in [7, 11) is 1.81. The Labute approximate surface area is 162 Å². The van der Waals surface area contributed by atoms with Gasteiger partial charge in [-0.05, 0) is 30.0 Å². The molecule has 2 aliphatic heterocycles. The van der Waals surface area contributed by atoms with E-state index < -0.39 is 0 Å². The van der Waals surface area contributed by atoms with Gasteiger partial charge in [0.15, 0.2) is 17.5 Å². The molecule has 7 nitrogen and oxygen atoms in total. The van der Waals surface area contributed by atoms with Crippen LogP contribution in [0.3, 0.4) is 0 Å². The molecule has 0 aromatic heterocycles. The summed E-state index contributed by atoms with van der Waals surface area (Å²) in [4.78, 5) is 6.90. The largest absolute Gasteiger partial charge is 0.454 e. The van der Waals surface area contributed by atoms with Crippen molar-refractivity contribution in [3.63, 3.8) is 0 Å². The molecule has 150 valence electrons. The zero-order chi connectivity index (χ0) is 19.1. The van der Waals surface area contributed by atoms with Crippen LogP contribution in [0.15, 0.2) is 23.2 Å². The summed E-state index contributed by atoms with van der Waals surface area (Å²) in [5.74, 6) is 3.09. The second-order valence-corrected chi connectivity index (χ2v) is 7.43. The molecular formula is C20H32N4O3. The molecule has 7 heteroatoms. The van der Waals surface area contributed by atoms with Crippen LogP contribution in [0.4, 0.5) is 0 Å². The van der Waals surface area contributed by atoms with E-state index in [2.05, 4.69) is 34.4 Å². The van der Waals surface area contributed by atoms with Crippen molar-refractivity contribution in [2.45, 2.75) is 32.9 Å². The summed E-state index contributed by atoms with van der Waals surface area (Å²) in [5.41, 5.74) is 1.13. The van der Waals surface area contributed by atoms with Crippen molar-refractivity contribution in [2.75, 3.05) is 46.7 Å². The number of morpholine rings is 1. The van der Waals surface area contributed by atoms with Crippen LogP contribution < -0.4 is 20.1 Å². The molecule has 1 atom stereocenters. The number of guanidine groups is 1. The summed E-state index contributed by atoms with van der Waals surface area (Å²) in [5, 5.41) is 6.88. The van der Waals surface area contributed by atoms with Crippen LogP contribution >= 0.6 is 0 Å². The molecule has 2 heterocycles. The van der Waals surface area contributed by atoms with Crippen LogP contribution in [-0.2, 0) is 11.3 Å². The van der Waals surface area contributed by atoms with Gasteiger partial charge in [-0.2, -0.15) is 0 Å². The maximum absolute atomic E-state index is 5.50. The summed E-state index contributed by atoms with van der Waals surface area (Å²) in [6.07, 6.45) is 1.16. The molecule has 1 fully saturated rings. The number of fused-ring (bicyclic) bond motifs is 1. The minimum atomic E-state index is 0.300. The highest BCUT2D eigenvalue weighted by atomic mass is 16.7. The maximum atomic E-state index is 5.50. The van der Waals surface area contributed by atoms with Gasteiger partial charge in [-0.3, -0.25) is 9.89 Å². The lowest BCUT2D eigenvalue weighted by Gasteiger charge is -2.35. The third-order valence-corrected chi connectivity index (χ3v) is 4.93. The zero-order valence-electron chi connectivity index (χ0n) is 16.7. The van der Waals surface area contributed by atoms with Crippen molar-refractivity contribution < 1.29 is 14.2 Å². The zero-order valence-corrected chi connectivity index (χ0v) is 16.7. The summed E-state index contributed by atoms with van der Waals surface area (Å²) in [6, 6.07) is 6.49. The molecular weight excluding hydrogens is 344 g/mol. The van der Waals surface area contributed by atoms with Gasteiger partial charge in [-0.1, -0.05) is 19.9 Å². The van der Waals surface area contributed by atoms with Crippen molar-refractivity contribution in [1.29, 1.82) is 0 Å². The Hall–Kier alpha value is -1.99. The van der Waals surface area contributed by atoms with Gasteiger partial charge in [0.1, 0.15) is 0 Å². The van der Waals surface area contributed by atoms with Crippen LogP contribution in [0.25, 0.3) is 0 Å². The first kappa shape index (κ1) is 19.8. The Morgan fingerprint density at radius 2 is 1.93 bits per heavy atom. The van der Waals surface area contributed by atoms with Gasteiger partial charge >= 0.3 is 0 Å². The maximum Gasteiger partial charge on any atom is 0.231 e. The average Bonchev–Trinajstić information content (AvgIpc) is 3.15. The molecule has 0 spiro atoms. The van der Waals surface area contributed by atoms with Crippen molar-refractivity contribution in [3.8, 4) is 11.5 Å². The van der Waals surface area contributed by atoms with Crippen LogP contribution in [0.1, 0.15) is 25.8 Å². The molecule has 2 N–H and O–H groups in total. The molecule has 0 amide bonds. The fraction of sp³-hybridized carbons (Fsp3) is 0.650. The smallest absolute Gasteiger partial charge is 0.231 e. The number of hydrogen-bond donors (Lipinski definition) is 2.